The second-order valence-corrected chi connectivity index (χ2v) is 11.5. The Morgan fingerprint density at radius 1 is 1.02 bits per heavy atom. The van der Waals surface area contributed by atoms with Crippen molar-refractivity contribution in [2.45, 2.75) is 43.7 Å². The van der Waals surface area contributed by atoms with Gasteiger partial charge in [0.25, 0.3) is 5.89 Å². The molecule has 4 aliphatic rings. The number of fused-ring (bicyclic) bond motifs is 4. The number of pyridine rings is 1. The van der Waals surface area contributed by atoms with Crippen molar-refractivity contribution in [3.63, 3.8) is 0 Å². The van der Waals surface area contributed by atoms with Crippen molar-refractivity contribution < 1.29 is 24.0 Å². The third kappa shape index (κ3) is 5.04. The van der Waals surface area contributed by atoms with Crippen LogP contribution >= 0.6 is 0 Å². The molecule has 3 fully saturated rings. The van der Waals surface area contributed by atoms with Crippen LogP contribution in [-0.4, -0.2) is 69.2 Å². The Morgan fingerprint density at radius 2 is 1.79 bits per heavy atom. The Balaban J connectivity index is 1.23. The third-order valence-electron chi connectivity index (χ3n) is 8.90. The lowest BCUT2D eigenvalue weighted by Gasteiger charge is -2.46. The average molecular weight is 581 g/mol. The van der Waals surface area contributed by atoms with Gasteiger partial charge in [-0.1, -0.05) is 35.5 Å². The normalized spacial score (nSPS) is 23.4. The Bertz CT molecular complexity index is 1670. The van der Waals surface area contributed by atoms with Gasteiger partial charge >= 0.3 is 5.97 Å². The number of piperidine rings is 3. The number of cyclic esters (lactones) is 1. The van der Waals surface area contributed by atoms with Crippen molar-refractivity contribution in [2.75, 3.05) is 36.9 Å². The first kappa shape index (κ1) is 27.2. The summed E-state index contributed by atoms with van der Waals surface area (Å²) in [6, 6.07) is 16.0. The maximum absolute atomic E-state index is 12.7. The average Bonchev–Trinajstić information content (AvgIpc) is 3.55. The number of Topliss-reactive ketones (excluding diaryl/α,β-unsaturated/α-hetero) is 1. The number of hydrogen-bond acceptors (Lipinski definition) is 11. The van der Waals surface area contributed by atoms with Crippen molar-refractivity contribution >= 4 is 28.9 Å². The molecule has 2 bridgehead atoms. The molecule has 4 aromatic rings. The lowest BCUT2D eigenvalue weighted by molar-refractivity contribution is 0.0282. The molecule has 3 saturated heterocycles. The standard InChI is InChI=1S/C32H32N6O5/c1-19-28(40)23-15-21(7-8-22(23)30(41)42-19)34-27-16-25(35-26(18-39)20-5-3-2-4-6-20)24(17-33-27)29-36-31(37-43-29)32-9-12-38(13-10-32)14-11-32/h2-8,15-17,19,26,39H,9-14,18H2,1H3,(H2,33,34,35)/t19?,26-/m1/s1. The molecule has 2 aromatic heterocycles. The van der Waals surface area contributed by atoms with E-state index >= 15 is 0 Å². The fraction of sp³-hybridized carbons (Fsp3) is 0.344. The zero-order valence-corrected chi connectivity index (χ0v) is 23.7. The quantitative estimate of drug-likeness (QED) is 0.254. The van der Waals surface area contributed by atoms with Gasteiger partial charge in [0.2, 0.25) is 5.78 Å². The van der Waals surface area contributed by atoms with Crippen LogP contribution in [0.2, 0.25) is 0 Å². The Morgan fingerprint density at radius 3 is 2.53 bits per heavy atom. The van der Waals surface area contributed by atoms with E-state index in [-0.39, 0.29) is 23.4 Å². The molecule has 2 aromatic carbocycles. The highest BCUT2D eigenvalue weighted by atomic mass is 16.5. The molecule has 43 heavy (non-hydrogen) atoms. The number of anilines is 3. The second kappa shape index (κ2) is 10.9. The number of aliphatic hydroxyl groups excluding tert-OH is 1. The summed E-state index contributed by atoms with van der Waals surface area (Å²) in [5.41, 5.74) is 3.23. The van der Waals surface area contributed by atoms with Crippen LogP contribution in [0.15, 0.2) is 65.3 Å². The first-order valence-electron chi connectivity index (χ1n) is 14.6. The summed E-state index contributed by atoms with van der Waals surface area (Å²) in [7, 11) is 0. The highest BCUT2D eigenvalue weighted by Crippen LogP contribution is 2.42. The smallest absolute Gasteiger partial charge is 0.339 e. The number of nitrogens with one attached hydrogen (secondary N) is 2. The van der Waals surface area contributed by atoms with E-state index in [4.69, 9.17) is 14.2 Å². The fourth-order valence-electron chi connectivity index (χ4n) is 6.28. The van der Waals surface area contributed by atoms with Crippen LogP contribution in [0.5, 0.6) is 0 Å². The van der Waals surface area contributed by atoms with Crippen LogP contribution in [0.3, 0.4) is 0 Å². The molecule has 6 heterocycles. The molecule has 4 aliphatic heterocycles. The lowest BCUT2D eigenvalue weighted by atomic mass is 9.71. The van der Waals surface area contributed by atoms with E-state index in [0.717, 1.165) is 50.3 Å². The van der Waals surface area contributed by atoms with Gasteiger partial charge < -0.3 is 29.9 Å². The predicted molar refractivity (Wildman–Crippen MR) is 158 cm³/mol. The number of carbonyl (C=O) groups excluding carboxylic acids is 2. The molecule has 0 aliphatic carbocycles. The summed E-state index contributed by atoms with van der Waals surface area (Å²) in [4.78, 5) is 36.9. The molecule has 1 unspecified atom stereocenters. The van der Waals surface area contributed by atoms with Crippen LogP contribution in [-0.2, 0) is 10.2 Å². The van der Waals surface area contributed by atoms with Gasteiger partial charge in [0.15, 0.2) is 11.9 Å². The first-order valence-corrected chi connectivity index (χ1v) is 14.6. The van der Waals surface area contributed by atoms with E-state index in [9.17, 15) is 14.7 Å². The molecule has 0 radical (unpaired) electrons. The van der Waals surface area contributed by atoms with Crippen LogP contribution in [0.1, 0.15) is 64.3 Å². The van der Waals surface area contributed by atoms with Gasteiger partial charge in [-0.3, -0.25) is 4.79 Å². The van der Waals surface area contributed by atoms with E-state index in [1.807, 2.05) is 30.3 Å². The summed E-state index contributed by atoms with van der Waals surface area (Å²) >= 11 is 0. The van der Waals surface area contributed by atoms with E-state index in [1.54, 1.807) is 37.4 Å². The summed E-state index contributed by atoms with van der Waals surface area (Å²) in [6.45, 7) is 4.54. The number of carbonyl (C=O) groups is 2. The zero-order valence-electron chi connectivity index (χ0n) is 23.7. The number of aromatic nitrogens is 3. The van der Waals surface area contributed by atoms with E-state index in [0.29, 0.717) is 34.2 Å². The number of nitrogens with zero attached hydrogens (tertiary/aromatic N) is 4. The number of rotatable bonds is 8. The van der Waals surface area contributed by atoms with Crippen LogP contribution in [0.25, 0.3) is 11.5 Å². The highest BCUT2D eigenvalue weighted by Gasteiger charge is 2.44. The molecule has 0 saturated carbocycles. The fourth-order valence-corrected chi connectivity index (χ4v) is 6.28. The van der Waals surface area contributed by atoms with Crippen LogP contribution in [0.4, 0.5) is 17.2 Å². The summed E-state index contributed by atoms with van der Waals surface area (Å²) < 4.78 is 11.0. The Hall–Kier alpha value is -4.61. The van der Waals surface area contributed by atoms with E-state index in [1.165, 1.54) is 0 Å². The van der Waals surface area contributed by atoms with E-state index < -0.39 is 18.1 Å². The van der Waals surface area contributed by atoms with Crippen molar-refractivity contribution in [2.24, 2.45) is 0 Å². The molecule has 0 spiro atoms. The monoisotopic (exact) mass is 580 g/mol. The minimum absolute atomic E-state index is 0.0650. The van der Waals surface area contributed by atoms with Gasteiger partial charge in [-0.05, 0) is 69.6 Å². The van der Waals surface area contributed by atoms with Gasteiger partial charge in [0.05, 0.1) is 29.5 Å². The van der Waals surface area contributed by atoms with E-state index in [2.05, 4.69) is 25.7 Å². The minimum Gasteiger partial charge on any atom is -0.451 e. The molecule has 11 nitrogen and oxygen atoms in total. The van der Waals surface area contributed by atoms with Crippen molar-refractivity contribution in [1.29, 1.82) is 0 Å². The molecular formula is C32H32N6O5. The van der Waals surface area contributed by atoms with Crippen molar-refractivity contribution in [1.82, 2.24) is 20.0 Å². The summed E-state index contributed by atoms with van der Waals surface area (Å²) in [6.07, 6.45) is 3.86. The minimum atomic E-state index is -0.836. The number of ether oxygens (including phenoxy) is 1. The van der Waals surface area contributed by atoms with Crippen molar-refractivity contribution in [3.8, 4) is 11.5 Å². The van der Waals surface area contributed by atoms with Gasteiger partial charge in [0.1, 0.15) is 5.82 Å². The molecule has 3 N–H and O–H groups in total. The number of benzene rings is 2. The predicted octanol–water partition coefficient (Wildman–Crippen LogP) is 4.50. The third-order valence-corrected chi connectivity index (χ3v) is 8.90. The van der Waals surface area contributed by atoms with Crippen molar-refractivity contribution in [3.05, 3.63) is 83.3 Å². The molecule has 220 valence electrons. The maximum atomic E-state index is 12.7. The van der Waals surface area contributed by atoms with Gasteiger partial charge in [-0.15, -0.1) is 0 Å². The lowest BCUT2D eigenvalue weighted by Crippen LogP contribution is -2.51. The Labute approximate surface area is 248 Å². The molecule has 11 heteroatoms. The molecule has 0 amide bonds. The molecule has 8 rings (SSSR count). The molecule has 2 atom stereocenters. The zero-order chi connectivity index (χ0) is 29.6. The van der Waals surface area contributed by atoms with Crippen LogP contribution in [0, 0.1) is 0 Å². The highest BCUT2D eigenvalue weighted by molar-refractivity contribution is 6.12. The first-order chi connectivity index (χ1) is 20.9. The summed E-state index contributed by atoms with van der Waals surface area (Å²) in [5.74, 6) is 0.801. The van der Waals surface area contributed by atoms with Crippen LogP contribution < -0.4 is 10.6 Å². The van der Waals surface area contributed by atoms with Gasteiger partial charge in [-0.2, -0.15) is 4.98 Å². The maximum Gasteiger partial charge on any atom is 0.339 e. The topological polar surface area (TPSA) is 143 Å². The number of hydrogen-bond donors (Lipinski definition) is 3. The molecular weight excluding hydrogens is 548 g/mol. The SMILES string of the molecule is CC1OC(=O)c2ccc(Nc3cc(N[C@H](CO)c4ccccc4)c(-c4nc(C56CCN(CC5)CC6)no4)cn3)cc2C1=O. The van der Waals surface area contributed by atoms with Gasteiger partial charge in [0, 0.05) is 28.9 Å². The second-order valence-electron chi connectivity index (χ2n) is 11.5. The van der Waals surface area contributed by atoms with Gasteiger partial charge in [-0.25, -0.2) is 9.78 Å². The number of ketones is 1. The summed E-state index contributed by atoms with van der Waals surface area (Å²) in [5, 5.41) is 21.4. The number of esters is 1. The largest absolute Gasteiger partial charge is 0.451 e. The number of aliphatic hydroxyl groups is 1. The Kier molecular flexibility index (Phi) is 6.91.